The Labute approximate surface area is 220 Å². The van der Waals surface area contributed by atoms with Crippen LogP contribution in [0.25, 0.3) is 0 Å². The van der Waals surface area contributed by atoms with Crippen LogP contribution >= 0.6 is 12.4 Å². The quantitative estimate of drug-likeness (QED) is 0.375. The van der Waals surface area contributed by atoms with E-state index in [0.717, 1.165) is 32.4 Å². The molecule has 2 heterocycles. The van der Waals surface area contributed by atoms with Gasteiger partial charge in [-0.1, -0.05) is 33.3 Å². The summed E-state index contributed by atoms with van der Waals surface area (Å²) >= 11 is 0. The third-order valence-corrected chi connectivity index (χ3v) is 9.81. The number of carbonyl (C=O) groups is 2. The van der Waals surface area contributed by atoms with E-state index >= 15 is 0 Å². The van der Waals surface area contributed by atoms with Crippen LogP contribution in [0.2, 0.25) is 0 Å². The van der Waals surface area contributed by atoms with Crippen molar-refractivity contribution < 1.29 is 34.4 Å². The molecule has 0 amide bonds. The largest absolute Gasteiger partial charge is 0.458 e. The third-order valence-electron chi connectivity index (χ3n) is 9.81. The number of esters is 1. The summed E-state index contributed by atoms with van der Waals surface area (Å²) in [6.07, 6.45) is 1.89. The average Bonchev–Trinajstić information content (AvgIpc) is 2.78. The molecule has 2 aliphatic carbocycles. The Hall–Kier alpha value is -1.03. The molecule has 2 aliphatic heterocycles. The highest BCUT2D eigenvalue weighted by molar-refractivity contribution is 5.92. The number of ketones is 1. The van der Waals surface area contributed by atoms with Crippen molar-refractivity contribution in [1.29, 1.82) is 0 Å². The van der Waals surface area contributed by atoms with Crippen LogP contribution in [-0.2, 0) is 19.1 Å². The summed E-state index contributed by atoms with van der Waals surface area (Å²) in [6.45, 7) is 14.4. The van der Waals surface area contributed by atoms with Crippen molar-refractivity contribution in [2.45, 2.75) is 108 Å². The van der Waals surface area contributed by atoms with Crippen molar-refractivity contribution in [2.75, 3.05) is 19.6 Å². The highest BCUT2D eigenvalue weighted by Gasteiger charge is 2.81. The van der Waals surface area contributed by atoms with Gasteiger partial charge in [0, 0.05) is 17.8 Å². The number of fused-ring (bicyclic) bond motifs is 3. The number of aliphatic hydroxyl groups excluding tert-OH is 2. The molecule has 4 unspecified atom stereocenters. The van der Waals surface area contributed by atoms with Crippen molar-refractivity contribution in [3.8, 4) is 0 Å². The van der Waals surface area contributed by atoms with E-state index in [0.29, 0.717) is 12.8 Å². The van der Waals surface area contributed by atoms with Gasteiger partial charge in [0.25, 0.3) is 0 Å². The number of likely N-dealkylation sites (tertiary alicyclic amines) is 1. The van der Waals surface area contributed by atoms with E-state index in [1.807, 2.05) is 13.8 Å². The summed E-state index contributed by atoms with van der Waals surface area (Å²) in [7, 11) is 0. The maximum atomic E-state index is 13.8. The molecule has 4 rings (SSSR count). The van der Waals surface area contributed by atoms with Crippen molar-refractivity contribution in [1.82, 2.24) is 4.90 Å². The minimum absolute atomic E-state index is 0. The second-order valence-electron chi connectivity index (χ2n) is 12.6. The fraction of sp³-hybridized carbons (Fsp3) is 0.852. The van der Waals surface area contributed by atoms with Crippen LogP contribution in [0, 0.1) is 16.7 Å². The zero-order valence-electron chi connectivity index (χ0n) is 22.3. The molecule has 3 N–H and O–H groups in total. The number of nitrogens with zero attached hydrogens (tertiary/aromatic N) is 1. The summed E-state index contributed by atoms with van der Waals surface area (Å²) in [6, 6.07) is 0. The third kappa shape index (κ3) is 4.07. The van der Waals surface area contributed by atoms with Crippen molar-refractivity contribution in [3.63, 3.8) is 0 Å². The predicted molar refractivity (Wildman–Crippen MR) is 137 cm³/mol. The molecule has 0 radical (unpaired) electrons. The molecule has 2 saturated carbocycles. The standard InChI is InChI=1S/C27H43NO7.ClH/c1-7-24(4)15-18(30)27(33)25(5)17(29)11-12-23(2,3)21(25)20(22(32)26(27,6)35-24)34-19(31)16-28-13-9-8-10-14-28;/h7,17,20-22,29,32-33H,1,8-16H2,2-6H3;1H/t17-,20?,21?,22?,24-,25?,26+,27-;/m0./s1. The maximum absolute atomic E-state index is 13.8. The first-order valence-corrected chi connectivity index (χ1v) is 13.0. The van der Waals surface area contributed by atoms with E-state index in [2.05, 4.69) is 11.5 Å². The molecule has 8 atom stereocenters. The second-order valence-corrected chi connectivity index (χ2v) is 12.6. The van der Waals surface area contributed by atoms with E-state index in [-0.39, 0.29) is 25.4 Å². The van der Waals surface area contributed by atoms with Gasteiger partial charge in [-0.05, 0) is 58.0 Å². The van der Waals surface area contributed by atoms with Gasteiger partial charge in [0.1, 0.15) is 17.8 Å². The lowest BCUT2D eigenvalue weighted by molar-refractivity contribution is -0.370. The first kappa shape index (κ1) is 29.5. The van der Waals surface area contributed by atoms with Crippen molar-refractivity contribution in [3.05, 3.63) is 12.7 Å². The lowest BCUT2D eigenvalue weighted by Gasteiger charge is -2.71. The highest BCUT2D eigenvalue weighted by Crippen LogP contribution is 2.67. The van der Waals surface area contributed by atoms with Crippen molar-refractivity contribution >= 4 is 24.2 Å². The molecule has 0 aromatic carbocycles. The maximum Gasteiger partial charge on any atom is 0.320 e. The first-order chi connectivity index (χ1) is 16.2. The van der Waals surface area contributed by atoms with Crippen LogP contribution in [0.15, 0.2) is 12.7 Å². The Morgan fingerprint density at radius 3 is 2.36 bits per heavy atom. The van der Waals surface area contributed by atoms with Crippen LogP contribution in [0.5, 0.6) is 0 Å². The SMILES string of the molecule is C=C[C@@]1(C)CC(=O)[C@]2(O)C3(C)C(C(OC(=O)CN4CCCCC4)C(O)[C@@]2(C)O1)C(C)(C)CC[C@@H]3O.Cl. The monoisotopic (exact) mass is 529 g/mol. The number of ether oxygens (including phenoxy) is 2. The normalized spacial score (nSPS) is 46.6. The van der Waals surface area contributed by atoms with Gasteiger partial charge in [0.05, 0.1) is 18.2 Å². The molecule has 8 nitrogen and oxygen atoms in total. The molecule has 0 bridgehead atoms. The van der Waals surface area contributed by atoms with Crippen molar-refractivity contribution in [2.24, 2.45) is 16.7 Å². The zero-order chi connectivity index (χ0) is 26.0. The minimum Gasteiger partial charge on any atom is -0.458 e. The molecule has 2 saturated heterocycles. The molecule has 9 heteroatoms. The van der Waals surface area contributed by atoms with Gasteiger partial charge >= 0.3 is 5.97 Å². The molecule has 36 heavy (non-hydrogen) atoms. The van der Waals surface area contributed by atoms with E-state index in [1.54, 1.807) is 13.8 Å². The van der Waals surface area contributed by atoms with Gasteiger partial charge in [0.2, 0.25) is 0 Å². The molecule has 206 valence electrons. The summed E-state index contributed by atoms with van der Waals surface area (Å²) < 4.78 is 12.4. The summed E-state index contributed by atoms with van der Waals surface area (Å²) in [5.41, 5.74) is -7.11. The fourth-order valence-corrected chi connectivity index (χ4v) is 7.89. The minimum atomic E-state index is -2.19. The number of rotatable bonds is 4. The van der Waals surface area contributed by atoms with E-state index < -0.39 is 63.6 Å². The van der Waals surface area contributed by atoms with Gasteiger partial charge in [-0.3, -0.25) is 14.5 Å². The number of hydrogen-bond acceptors (Lipinski definition) is 8. The van der Waals surface area contributed by atoms with E-state index in [9.17, 15) is 24.9 Å². The van der Waals surface area contributed by atoms with Gasteiger partial charge in [-0.15, -0.1) is 19.0 Å². The summed E-state index contributed by atoms with van der Waals surface area (Å²) in [4.78, 5) is 29.0. The molecule has 0 aromatic heterocycles. The number of halogens is 1. The smallest absolute Gasteiger partial charge is 0.320 e. The number of hydrogen-bond donors (Lipinski definition) is 3. The van der Waals surface area contributed by atoms with Crippen LogP contribution in [0.3, 0.4) is 0 Å². The summed E-state index contributed by atoms with van der Waals surface area (Å²) in [5, 5.41) is 35.5. The van der Waals surface area contributed by atoms with Gasteiger partial charge in [0.15, 0.2) is 11.4 Å². The van der Waals surface area contributed by atoms with E-state index in [1.165, 1.54) is 13.0 Å². The molecule has 0 aromatic rings. The second kappa shape index (κ2) is 9.62. The van der Waals surface area contributed by atoms with E-state index in [4.69, 9.17) is 9.47 Å². The molecule has 4 aliphatic rings. The first-order valence-electron chi connectivity index (χ1n) is 13.0. The number of aliphatic hydroxyl groups is 3. The molecule has 4 fully saturated rings. The highest BCUT2D eigenvalue weighted by atomic mass is 35.5. The number of carbonyl (C=O) groups excluding carboxylic acids is 2. The molecular weight excluding hydrogens is 486 g/mol. The Balaban J connectivity index is 0.00000361. The van der Waals surface area contributed by atoms with Crippen LogP contribution < -0.4 is 0 Å². The van der Waals surface area contributed by atoms with Gasteiger partial charge in [-0.2, -0.15) is 0 Å². The van der Waals surface area contributed by atoms with Gasteiger partial charge < -0.3 is 24.8 Å². The fourth-order valence-electron chi connectivity index (χ4n) is 7.89. The van der Waals surface area contributed by atoms with Crippen LogP contribution in [0.1, 0.15) is 73.1 Å². The predicted octanol–water partition coefficient (Wildman–Crippen LogP) is 2.41. The molecule has 0 spiro atoms. The Morgan fingerprint density at radius 2 is 1.78 bits per heavy atom. The summed E-state index contributed by atoms with van der Waals surface area (Å²) in [5.74, 6) is -1.65. The average molecular weight is 530 g/mol. The topological polar surface area (TPSA) is 117 Å². The lowest BCUT2D eigenvalue weighted by atomic mass is 9.40. The van der Waals surface area contributed by atoms with Gasteiger partial charge in [-0.25, -0.2) is 0 Å². The molecular formula is C27H44ClNO7. The number of piperidine rings is 1. The van der Waals surface area contributed by atoms with Crippen LogP contribution in [-0.4, -0.2) is 86.7 Å². The zero-order valence-corrected chi connectivity index (χ0v) is 23.1. The Morgan fingerprint density at radius 1 is 1.17 bits per heavy atom. The van der Waals surface area contributed by atoms with Crippen LogP contribution in [0.4, 0.5) is 0 Å². The number of Topliss-reactive ketones (excluding diaryl/α,β-unsaturated/α-hetero) is 1. The lowest BCUT2D eigenvalue weighted by Crippen LogP contribution is -2.86. The Kier molecular flexibility index (Phi) is 7.89. The Bertz CT molecular complexity index is 891.